The van der Waals surface area contributed by atoms with Crippen LogP contribution in [0.15, 0.2) is 35.8 Å². The van der Waals surface area contributed by atoms with Gasteiger partial charge in [0, 0.05) is 23.7 Å². The summed E-state index contributed by atoms with van der Waals surface area (Å²) in [5.41, 5.74) is 1.13. The van der Waals surface area contributed by atoms with Gasteiger partial charge in [-0.25, -0.2) is 4.98 Å². The van der Waals surface area contributed by atoms with Crippen molar-refractivity contribution in [3.05, 3.63) is 52.0 Å². The van der Waals surface area contributed by atoms with Crippen molar-refractivity contribution in [3.8, 4) is 0 Å². The summed E-state index contributed by atoms with van der Waals surface area (Å²) in [6, 6.07) is 7.91. The Morgan fingerprint density at radius 3 is 3.00 bits per heavy atom. The molecule has 2 heterocycles. The van der Waals surface area contributed by atoms with Gasteiger partial charge in [0.05, 0.1) is 11.6 Å². The van der Waals surface area contributed by atoms with Crippen molar-refractivity contribution in [2.24, 2.45) is 0 Å². The van der Waals surface area contributed by atoms with E-state index in [4.69, 9.17) is 0 Å². The molecule has 1 aromatic heterocycles. The molecule has 4 nitrogen and oxygen atoms in total. The minimum Gasteiger partial charge on any atom is -0.390 e. The average Bonchev–Trinajstić information content (AvgIpc) is 3.22. The normalized spacial score (nSPS) is 18.1. The Morgan fingerprint density at radius 1 is 1.46 bits per heavy atom. The molecule has 0 unspecified atom stereocenters. The lowest BCUT2D eigenvalue weighted by molar-refractivity contribution is 0.0714. The van der Waals surface area contributed by atoms with E-state index < -0.39 is 5.60 Å². The van der Waals surface area contributed by atoms with Crippen LogP contribution in [0, 0.1) is 0 Å². The minimum absolute atomic E-state index is 0.0813. The van der Waals surface area contributed by atoms with Gasteiger partial charge in [0.15, 0.2) is 0 Å². The first-order valence-electron chi connectivity index (χ1n) is 8.46. The lowest BCUT2D eigenvalue weighted by atomic mass is 9.97. The molecule has 2 aromatic rings. The first-order valence-corrected chi connectivity index (χ1v) is 9.34. The zero-order chi connectivity index (χ0) is 17.2. The van der Waals surface area contributed by atoms with Crippen molar-refractivity contribution in [3.63, 3.8) is 0 Å². The highest BCUT2D eigenvalue weighted by molar-refractivity contribution is 7.09. The van der Waals surface area contributed by atoms with Gasteiger partial charge in [-0.2, -0.15) is 0 Å². The van der Waals surface area contributed by atoms with Crippen molar-refractivity contribution in [2.45, 2.75) is 51.2 Å². The number of amides is 1. The third-order valence-electron chi connectivity index (χ3n) is 4.45. The Labute approximate surface area is 147 Å². The molecular formula is C19H24N2O2S. The summed E-state index contributed by atoms with van der Waals surface area (Å²) in [4.78, 5) is 19.3. The SMILES string of the molecule is CC(C)(O)CCc1cccc(C(=O)N2CCC[C@H]2c2nccs2)c1. The highest BCUT2D eigenvalue weighted by atomic mass is 32.1. The number of likely N-dealkylation sites (tertiary alicyclic amines) is 1. The van der Waals surface area contributed by atoms with E-state index in [9.17, 15) is 9.90 Å². The molecule has 1 aliphatic heterocycles. The zero-order valence-corrected chi connectivity index (χ0v) is 15.1. The van der Waals surface area contributed by atoms with Gasteiger partial charge in [0.1, 0.15) is 5.01 Å². The van der Waals surface area contributed by atoms with Gasteiger partial charge in [0.25, 0.3) is 5.91 Å². The molecule has 0 aliphatic carbocycles. The maximum absolute atomic E-state index is 13.0. The first kappa shape index (κ1) is 17.1. The van der Waals surface area contributed by atoms with E-state index in [-0.39, 0.29) is 11.9 Å². The second kappa shape index (κ2) is 7.03. The van der Waals surface area contributed by atoms with Crippen molar-refractivity contribution >= 4 is 17.2 Å². The number of carbonyl (C=O) groups is 1. The Kier molecular flexibility index (Phi) is 5.01. The van der Waals surface area contributed by atoms with E-state index in [0.717, 1.165) is 41.9 Å². The van der Waals surface area contributed by atoms with Crippen LogP contribution in [0.1, 0.15) is 60.1 Å². The highest BCUT2D eigenvalue weighted by Gasteiger charge is 2.32. The van der Waals surface area contributed by atoms with Gasteiger partial charge < -0.3 is 10.0 Å². The van der Waals surface area contributed by atoms with Crippen LogP contribution in [0.3, 0.4) is 0 Å². The molecule has 1 fully saturated rings. The molecule has 5 heteroatoms. The van der Waals surface area contributed by atoms with Crippen molar-refractivity contribution in [1.29, 1.82) is 0 Å². The van der Waals surface area contributed by atoms with Crippen LogP contribution in [0.25, 0.3) is 0 Å². The summed E-state index contributed by atoms with van der Waals surface area (Å²) >= 11 is 1.62. The van der Waals surface area contributed by atoms with E-state index >= 15 is 0 Å². The monoisotopic (exact) mass is 344 g/mol. The molecule has 1 N–H and O–H groups in total. The third kappa shape index (κ3) is 4.02. The van der Waals surface area contributed by atoms with Crippen LogP contribution < -0.4 is 0 Å². The fraction of sp³-hybridized carbons (Fsp3) is 0.474. The van der Waals surface area contributed by atoms with Gasteiger partial charge >= 0.3 is 0 Å². The number of rotatable bonds is 5. The average molecular weight is 344 g/mol. The second-order valence-electron chi connectivity index (χ2n) is 7.04. The van der Waals surface area contributed by atoms with E-state index in [1.54, 1.807) is 17.5 Å². The van der Waals surface area contributed by atoms with Gasteiger partial charge in [-0.05, 0) is 57.2 Å². The maximum Gasteiger partial charge on any atom is 0.254 e. The molecular weight excluding hydrogens is 320 g/mol. The van der Waals surface area contributed by atoms with Gasteiger partial charge in [-0.15, -0.1) is 11.3 Å². The van der Waals surface area contributed by atoms with E-state index in [1.165, 1.54) is 0 Å². The number of aliphatic hydroxyl groups is 1. The minimum atomic E-state index is -0.690. The Bertz CT molecular complexity index is 692. The number of hydrogen-bond acceptors (Lipinski definition) is 4. The van der Waals surface area contributed by atoms with Crippen molar-refractivity contribution in [1.82, 2.24) is 9.88 Å². The summed E-state index contributed by atoms with van der Waals surface area (Å²) in [6.45, 7) is 4.41. The van der Waals surface area contributed by atoms with Crippen LogP contribution in [0.5, 0.6) is 0 Å². The lowest BCUT2D eigenvalue weighted by Crippen LogP contribution is -2.30. The maximum atomic E-state index is 13.0. The predicted octanol–water partition coefficient (Wildman–Crippen LogP) is 3.82. The van der Waals surface area contributed by atoms with Crippen LogP contribution >= 0.6 is 11.3 Å². The summed E-state index contributed by atoms with van der Waals surface area (Å²) < 4.78 is 0. The number of thiazole rings is 1. The molecule has 1 aliphatic rings. The predicted molar refractivity (Wildman–Crippen MR) is 96.2 cm³/mol. The Hall–Kier alpha value is -1.72. The lowest BCUT2D eigenvalue weighted by Gasteiger charge is -2.23. The zero-order valence-electron chi connectivity index (χ0n) is 14.2. The van der Waals surface area contributed by atoms with Crippen LogP contribution in [-0.2, 0) is 6.42 Å². The molecule has 0 saturated carbocycles. The van der Waals surface area contributed by atoms with Crippen LogP contribution in [-0.4, -0.2) is 33.0 Å². The molecule has 1 atom stereocenters. The van der Waals surface area contributed by atoms with Crippen LogP contribution in [0.2, 0.25) is 0 Å². The van der Waals surface area contributed by atoms with E-state index in [0.29, 0.717) is 6.42 Å². The van der Waals surface area contributed by atoms with E-state index in [1.807, 2.05) is 48.4 Å². The summed E-state index contributed by atoms with van der Waals surface area (Å²) in [5.74, 6) is 0.0813. The number of nitrogens with zero attached hydrogens (tertiary/aromatic N) is 2. The van der Waals surface area contributed by atoms with Crippen molar-refractivity contribution < 1.29 is 9.90 Å². The smallest absolute Gasteiger partial charge is 0.254 e. The Morgan fingerprint density at radius 2 is 2.29 bits per heavy atom. The van der Waals surface area contributed by atoms with Gasteiger partial charge in [-0.3, -0.25) is 4.79 Å². The molecule has 1 amide bonds. The second-order valence-corrected chi connectivity index (χ2v) is 7.97. The summed E-state index contributed by atoms with van der Waals surface area (Å²) in [6.07, 6.45) is 5.25. The molecule has 128 valence electrons. The number of aryl methyl sites for hydroxylation is 1. The standard InChI is InChI=1S/C19H24N2O2S/c1-19(2,23)9-8-14-5-3-6-15(13-14)18(22)21-11-4-7-16(21)17-20-10-12-24-17/h3,5-6,10,12-13,16,23H,4,7-9,11H2,1-2H3/t16-/m0/s1. The fourth-order valence-electron chi connectivity index (χ4n) is 3.14. The number of aromatic nitrogens is 1. The molecule has 3 rings (SSSR count). The highest BCUT2D eigenvalue weighted by Crippen LogP contribution is 2.34. The summed E-state index contributed by atoms with van der Waals surface area (Å²) in [5, 5.41) is 12.9. The number of hydrogen-bond donors (Lipinski definition) is 1. The molecule has 1 saturated heterocycles. The third-order valence-corrected chi connectivity index (χ3v) is 5.33. The molecule has 0 spiro atoms. The largest absolute Gasteiger partial charge is 0.390 e. The molecule has 0 bridgehead atoms. The Balaban J connectivity index is 1.75. The van der Waals surface area contributed by atoms with E-state index in [2.05, 4.69) is 4.98 Å². The van der Waals surface area contributed by atoms with Gasteiger partial charge in [-0.1, -0.05) is 12.1 Å². The molecule has 0 radical (unpaired) electrons. The first-order chi connectivity index (χ1) is 11.4. The quantitative estimate of drug-likeness (QED) is 0.897. The van der Waals surface area contributed by atoms with Crippen LogP contribution in [0.4, 0.5) is 0 Å². The fourth-order valence-corrected chi connectivity index (χ4v) is 3.93. The van der Waals surface area contributed by atoms with Gasteiger partial charge in [0.2, 0.25) is 0 Å². The van der Waals surface area contributed by atoms with Crippen molar-refractivity contribution in [2.75, 3.05) is 6.54 Å². The molecule has 24 heavy (non-hydrogen) atoms. The molecule has 1 aromatic carbocycles. The summed E-state index contributed by atoms with van der Waals surface area (Å²) in [7, 11) is 0. The number of benzene rings is 1. The topological polar surface area (TPSA) is 53.4 Å². The number of carbonyl (C=O) groups excluding carboxylic acids is 1.